The van der Waals surface area contributed by atoms with E-state index in [2.05, 4.69) is 30.2 Å². The van der Waals surface area contributed by atoms with Gasteiger partial charge in [0.2, 0.25) is 0 Å². The van der Waals surface area contributed by atoms with Gasteiger partial charge in [0.25, 0.3) is 5.56 Å². The van der Waals surface area contributed by atoms with Gasteiger partial charge < -0.3 is 19.9 Å². The van der Waals surface area contributed by atoms with Gasteiger partial charge in [0, 0.05) is 35.3 Å². The lowest BCUT2D eigenvalue weighted by atomic mass is 10.0. The molecule has 0 aliphatic carbocycles. The highest BCUT2D eigenvalue weighted by molar-refractivity contribution is 7.80. The van der Waals surface area contributed by atoms with Crippen LogP contribution in [0.2, 0.25) is 0 Å². The van der Waals surface area contributed by atoms with Gasteiger partial charge in [-0.2, -0.15) is 0 Å². The third kappa shape index (κ3) is 5.14. The summed E-state index contributed by atoms with van der Waals surface area (Å²) in [7, 11) is 0. The van der Waals surface area contributed by atoms with Crippen LogP contribution in [-0.4, -0.2) is 34.3 Å². The quantitative estimate of drug-likeness (QED) is 0.562. The van der Waals surface area contributed by atoms with E-state index in [4.69, 9.17) is 17.0 Å². The van der Waals surface area contributed by atoms with Crippen LogP contribution in [0.3, 0.4) is 0 Å². The molecule has 2 N–H and O–H groups in total. The van der Waals surface area contributed by atoms with Crippen molar-refractivity contribution in [3.63, 3.8) is 0 Å². The average Bonchev–Trinajstić information content (AvgIpc) is 3.23. The Hall–Kier alpha value is -2.70. The molecule has 0 saturated carbocycles. The highest BCUT2D eigenvalue weighted by Gasteiger charge is 2.22. The van der Waals surface area contributed by atoms with Gasteiger partial charge in [0.05, 0.1) is 12.6 Å². The minimum Gasteiger partial charge on any atom is -0.376 e. The van der Waals surface area contributed by atoms with E-state index in [1.54, 1.807) is 0 Å². The van der Waals surface area contributed by atoms with Crippen molar-refractivity contribution in [1.82, 2.24) is 9.88 Å². The predicted octanol–water partition coefficient (Wildman–Crippen LogP) is 4.83. The molecule has 1 atom stereocenters. The molecule has 1 saturated heterocycles. The monoisotopic (exact) mass is 435 g/mol. The predicted molar refractivity (Wildman–Crippen MR) is 131 cm³/mol. The second-order valence-corrected chi connectivity index (χ2v) is 8.87. The molecule has 1 aliphatic rings. The zero-order chi connectivity index (χ0) is 22.0. The van der Waals surface area contributed by atoms with Gasteiger partial charge in [0.1, 0.15) is 0 Å². The van der Waals surface area contributed by atoms with Crippen molar-refractivity contribution in [1.29, 1.82) is 0 Å². The molecule has 0 bridgehead atoms. The summed E-state index contributed by atoms with van der Waals surface area (Å²) in [5, 5.41) is 4.99. The van der Waals surface area contributed by atoms with Crippen molar-refractivity contribution in [2.45, 2.75) is 46.3 Å². The second kappa shape index (κ2) is 9.20. The number of thiocarbonyl (C=S) groups is 1. The molecule has 0 radical (unpaired) electrons. The number of H-pyrrole nitrogens is 1. The lowest BCUT2D eigenvalue weighted by molar-refractivity contribution is 0.0904. The lowest BCUT2D eigenvalue weighted by Crippen LogP contribution is -2.40. The summed E-state index contributed by atoms with van der Waals surface area (Å²) < 4.78 is 5.85. The van der Waals surface area contributed by atoms with Crippen LogP contribution in [0.4, 0.5) is 5.69 Å². The molecule has 1 fully saturated rings. The van der Waals surface area contributed by atoms with Crippen LogP contribution in [-0.2, 0) is 11.3 Å². The summed E-state index contributed by atoms with van der Waals surface area (Å²) >= 11 is 5.75. The standard InChI is InChI=1S/C25H29N3O2S/c1-16-6-8-20(9-7-16)26-25(31)28(15-21-5-4-10-30-21)14-19-13-22-18(3)11-17(2)12-23(22)27-24(19)29/h6-9,11-13,21H,4-5,10,14-15H2,1-3H3,(H,26,31)(H,27,29)/t21-/m0/s1. The van der Waals surface area contributed by atoms with Crippen molar-refractivity contribution in [3.8, 4) is 0 Å². The van der Waals surface area contributed by atoms with Crippen molar-refractivity contribution < 1.29 is 4.74 Å². The van der Waals surface area contributed by atoms with Gasteiger partial charge >= 0.3 is 0 Å². The second-order valence-electron chi connectivity index (χ2n) is 8.48. The Morgan fingerprint density at radius 1 is 1.16 bits per heavy atom. The molecule has 1 aliphatic heterocycles. The van der Waals surface area contributed by atoms with Crippen LogP contribution < -0.4 is 10.9 Å². The Kier molecular flexibility index (Phi) is 6.39. The number of aryl methyl sites for hydroxylation is 3. The Bertz CT molecular complexity index is 1150. The maximum absolute atomic E-state index is 12.9. The number of fused-ring (bicyclic) bond motifs is 1. The van der Waals surface area contributed by atoms with E-state index in [1.165, 1.54) is 5.56 Å². The van der Waals surface area contributed by atoms with Gasteiger partial charge in [-0.3, -0.25) is 4.79 Å². The number of rotatable bonds is 5. The number of pyridine rings is 1. The average molecular weight is 436 g/mol. The van der Waals surface area contributed by atoms with E-state index < -0.39 is 0 Å². The van der Waals surface area contributed by atoms with E-state index in [9.17, 15) is 4.79 Å². The van der Waals surface area contributed by atoms with E-state index >= 15 is 0 Å². The first-order chi connectivity index (χ1) is 14.9. The summed E-state index contributed by atoms with van der Waals surface area (Å²) in [5.41, 5.74) is 5.92. The number of nitrogens with zero attached hydrogens (tertiary/aromatic N) is 1. The number of hydrogen-bond donors (Lipinski definition) is 2. The fourth-order valence-electron chi connectivity index (χ4n) is 4.13. The third-order valence-corrected chi connectivity index (χ3v) is 6.15. The van der Waals surface area contributed by atoms with Gasteiger partial charge in [-0.05, 0) is 81.2 Å². The van der Waals surface area contributed by atoms with Gasteiger partial charge in [0.15, 0.2) is 5.11 Å². The number of ether oxygens (including phenoxy) is 1. The van der Waals surface area contributed by atoms with Crippen LogP contribution in [0.1, 0.15) is 35.1 Å². The number of aromatic nitrogens is 1. The smallest absolute Gasteiger partial charge is 0.253 e. The van der Waals surface area contributed by atoms with Crippen LogP contribution in [0.5, 0.6) is 0 Å². The third-order valence-electron chi connectivity index (χ3n) is 5.79. The fourth-order valence-corrected chi connectivity index (χ4v) is 4.39. The largest absolute Gasteiger partial charge is 0.376 e. The number of nitrogens with one attached hydrogen (secondary N) is 2. The molecule has 0 spiro atoms. The number of hydrogen-bond acceptors (Lipinski definition) is 3. The van der Waals surface area contributed by atoms with Crippen LogP contribution in [0.25, 0.3) is 10.9 Å². The van der Waals surface area contributed by atoms with Crippen LogP contribution >= 0.6 is 12.2 Å². The minimum absolute atomic E-state index is 0.0759. The summed E-state index contributed by atoms with van der Waals surface area (Å²) in [6.07, 6.45) is 2.20. The number of benzene rings is 2. The van der Waals surface area contributed by atoms with Crippen molar-refractivity contribution >= 4 is 33.9 Å². The molecular formula is C25H29N3O2S. The number of anilines is 1. The molecule has 0 unspecified atom stereocenters. The molecule has 2 aromatic carbocycles. The fraction of sp³-hybridized carbons (Fsp3) is 0.360. The van der Waals surface area contributed by atoms with Crippen molar-refractivity contribution in [3.05, 3.63) is 75.1 Å². The first kappa shape index (κ1) is 21.5. The molecule has 2 heterocycles. The highest BCUT2D eigenvalue weighted by Crippen LogP contribution is 2.21. The molecule has 31 heavy (non-hydrogen) atoms. The minimum atomic E-state index is -0.0759. The zero-order valence-corrected chi connectivity index (χ0v) is 19.1. The first-order valence-electron chi connectivity index (χ1n) is 10.8. The Labute approximate surface area is 188 Å². The lowest BCUT2D eigenvalue weighted by Gasteiger charge is -2.28. The Morgan fingerprint density at radius 2 is 1.94 bits per heavy atom. The zero-order valence-electron chi connectivity index (χ0n) is 18.3. The Balaban J connectivity index is 1.62. The van der Waals surface area contributed by atoms with E-state index in [0.717, 1.165) is 47.2 Å². The molecule has 0 amide bonds. The van der Waals surface area contributed by atoms with Crippen molar-refractivity contribution in [2.24, 2.45) is 0 Å². The maximum atomic E-state index is 12.9. The molecular weight excluding hydrogens is 406 g/mol. The molecule has 5 nitrogen and oxygen atoms in total. The maximum Gasteiger partial charge on any atom is 0.253 e. The topological polar surface area (TPSA) is 57.4 Å². The molecule has 3 aromatic rings. The summed E-state index contributed by atoms with van der Waals surface area (Å²) in [5.74, 6) is 0. The molecule has 162 valence electrons. The summed E-state index contributed by atoms with van der Waals surface area (Å²) in [6.45, 7) is 8.04. The van der Waals surface area contributed by atoms with E-state index in [-0.39, 0.29) is 11.7 Å². The number of aromatic amines is 1. The van der Waals surface area contributed by atoms with E-state index in [0.29, 0.717) is 23.8 Å². The van der Waals surface area contributed by atoms with Gasteiger partial charge in [-0.25, -0.2) is 0 Å². The van der Waals surface area contributed by atoms with E-state index in [1.807, 2.05) is 48.2 Å². The summed E-state index contributed by atoms with van der Waals surface area (Å²) in [4.78, 5) is 18.0. The first-order valence-corrected chi connectivity index (χ1v) is 11.2. The van der Waals surface area contributed by atoms with Gasteiger partial charge in [-0.1, -0.05) is 23.8 Å². The van der Waals surface area contributed by atoms with Crippen LogP contribution in [0, 0.1) is 20.8 Å². The normalized spacial score (nSPS) is 15.9. The molecule has 6 heteroatoms. The van der Waals surface area contributed by atoms with Crippen LogP contribution in [0.15, 0.2) is 47.3 Å². The SMILES string of the molecule is Cc1ccc(NC(=S)N(Cc2cc3c(C)cc(C)cc3[nH]c2=O)C[C@@H]2CCCO2)cc1. The van der Waals surface area contributed by atoms with Gasteiger partial charge in [-0.15, -0.1) is 0 Å². The molecule has 1 aromatic heterocycles. The van der Waals surface area contributed by atoms with Crippen molar-refractivity contribution in [2.75, 3.05) is 18.5 Å². The highest BCUT2D eigenvalue weighted by atomic mass is 32.1. The molecule has 4 rings (SSSR count). The summed E-state index contributed by atoms with van der Waals surface area (Å²) in [6, 6.07) is 14.3. The Morgan fingerprint density at radius 3 is 2.65 bits per heavy atom.